The summed E-state index contributed by atoms with van der Waals surface area (Å²) in [6.45, 7) is 14.7. The summed E-state index contributed by atoms with van der Waals surface area (Å²) in [5.74, 6) is 0.450. The molecule has 28 heavy (non-hydrogen) atoms. The van der Waals surface area contributed by atoms with Crippen molar-refractivity contribution in [1.29, 1.82) is 0 Å². The fourth-order valence-electron chi connectivity index (χ4n) is 4.21. The van der Waals surface area contributed by atoms with Gasteiger partial charge < -0.3 is 15.1 Å². The molecule has 1 fully saturated rings. The Labute approximate surface area is 176 Å². The molecule has 0 spiro atoms. The van der Waals surface area contributed by atoms with Crippen LogP contribution in [0.15, 0.2) is 18.2 Å². The van der Waals surface area contributed by atoms with E-state index >= 15 is 0 Å². The van der Waals surface area contributed by atoms with Gasteiger partial charge in [-0.1, -0.05) is 6.07 Å². The number of thiocarbonyl (C=S) groups is 1. The van der Waals surface area contributed by atoms with Crippen LogP contribution in [0.5, 0.6) is 0 Å². The number of quaternary nitrogens is 1. The van der Waals surface area contributed by atoms with Crippen LogP contribution < -0.4 is 10.2 Å². The summed E-state index contributed by atoms with van der Waals surface area (Å²) in [4.78, 5) is 3.61. The molecule has 7 heteroatoms. The highest BCUT2D eigenvalue weighted by atomic mass is 32.2. The lowest BCUT2D eigenvalue weighted by Crippen LogP contribution is -3.18. The molecule has 1 heterocycles. The number of hydrogen-bond acceptors (Lipinski definition) is 3. The topological polar surface area (TPSA) is 53.9 Å². The Balaban J connectivity index is 2.18. The van der Waals surface area contributed by atoms with Gasteiger partial charge in [-0.3, -0.25) is 0 Å². The number of rotatable bonds is 7. The van der Waals surface area contributed by atoms with Crippen molar-refractivity contribution in [2.45, 2.75) is 66.1 Å². The first-order chi connectivity index (χ1) is 13.0. The number of nitrogens with one attached hydrogen (secondary N) is 2. The number of nitrogens with zero attached hydrogens (tertiary/aromatic N) is 1. The third-order valence-electron chi connectivity index (χ3n) is 5.51. The van der Waals surface area contributed by atoms with Gasteiger partial charge in [-0.15, -0.1) is 0 Å². The van der Waals surface area contributed by atoms with Crippen LogP contribution in [-0.2, 0) is 9.84 Å². The molecule has 0 amide bonds. The van der Waals surface area contributed by atoms with Crippen molar-refractivity contribution in [2.75, 3.05) is 29.9 Å². The summed E-state index contributed by atoms with van der Waals surface area (Å²) in [6.07, 6.45) is 0.649. The number of benzene rings is 1. The minimum absolute atomic E-state index is 0.0449. The number of aryl methyl sites for hydroxylation is 2. The highest BCUT2D eigenvalue weighted by Gasteiger charge is 2.34. The number of anilines is 1. The maximum absolute atomic E-state index is 12.1. The van der Waals surface area contributed by atoms with Crippen LogP contribution >= 0.6 is 12.2 Å². The lowest BCUT2D eigenvalue weighted by Gasteiger charge is -2.34. The summed E-state index contributed by atoms with van der Waals surface area (Å²) >= 11 is 5.75. The van der Waals surface area contributed by atoms with Crippen LogP contribution in [-0.4, -0.2) is 61.2 Å². The first kappa shape index (κ1) is 23.1. The van der Waals surface area contributed by atoms with E-state index in [4.69, 9.17) is 12.2 Å². The maximum Gasteiger partial charge on any atom is 0.173 e. The molecule has 1 aliphatic heterocycles. The minimum Gasteiger partial charge on any atom is -0.339 e. The van der Waals surface area contributed by atoms with E-state index in [-0.39, 0.29) is 17.5 Å². The molecule has 0 aromatic heterocycles. The Hall–Kier alpha value is -1.18. The van der Waals surface area contributed by atoms with Crippen LogP contribution in [0, 0.1) is 13.8 Å². The molecule has 0 bridgehead atoms. The van der Waals surface area contributed by atoms with Crippen LogP contribution in [0.2, 0.25) is 0 Å². The average Bonchev–Trinajstić information content (AvgIpc) is 2.89. The molecule has 2 N–H and O–H groups in total. The zero-order valence-corrected chi connectivity index (χ0v) is 19.7. The van der Waals surface area contributed by atoms with Crippen molar-refractivity contribution in [2.24, 2.45) is 0 Å². The molecule has 1 aliphatic rings. The lowest BCUT2D eigenvalue weighted by molar-refractivity contribution is -0.941. The summed E-state index contributed by atoms with van der Waals surface area (Å²) in [7, 11) is -2.97. The van der Waals surface area contributed by atoms with E-state index < -0.39 is 9.84 Å². The maximum atomic E-state index is 12.1. The van der Waals surface area contributed by atoms with Crippen molar-refractivity contribution in [3.63, 3.8) is 0 Å². The van der Waals surface area contributed by atoms with Crippen LogP contribution in [0.4, 0.5) is 5.69 Å². The van der Waals surface area contributed by atoms with E-state index in [0.29, 0.717) is 23.6 Å². The molecule has 2 rings (SSSR count). The molecule has 5 nitrogen and oxygen atoms in total. The van der Waals surface area contributed by atoms with Gasteiger partial charge in [0.2, 0.25) is 0 Å². The zero-order chi connectivity index (χ0) is 21.1. The second-order valence-corrected chi connectivity index (χ2v) is 11.3. The molecule has 0 aliphatic carbocycles. The van der Waals surface area contributed by atoms with Crippen LogP contribution in [0.1, 0.15) is 45.2 Å². The van der Waals surface area contributed by atoms with Gasteiger partial charge in [-0.25, -0.2) is 8.42 Å². The summed E-state index contributed by atoms with van der Waals surface area (Å²) in [6, 6.07) is 7.25. The van der Waals surface area contributed by atoms with Crippen molar-refractivity contribution < 1.29 is 13.3 Å². The van der Waals surface area contributed by atoms with Gasteiger partial charge >= 0.3 is 0 Å². The summed E-state index contributed by atoms with van der Waals surface area (Å²) < 4.78 is 24.1. The monoisotopic (exact) mass is 426 g/mol. The summed E-state index contributed by atoms with van der Waals surface area (Å²) in [5.41, 5.74) is 3.32. The van der Waals surface area contributed by atoms with Gasteiger partial charge in [0.25, 0.3) is 0 Å². The van der Waals surface area contributed by atoms with Gasteiger partial charge in [0, 0.05) is 11.7 Å². The lowest BCUT2D eigenvalue weighted by atomic mass is 10.1. The standard InChI is InChI=1S/C21H35N3O2S2/c1-15(2)23(16(3)4)8-9-24(20-7-10-28(25,26)14-20)21(27)22-19-12-17(5)11-18(6)13-19/h11-13,15-16,20H,7-10,14H2,1-6H3,(H,22,27)/p+1/t20-/m0/s1. The molecule has 158 valence electrons. The summed E-state index contributed by atoms with van der Waals surface area (Å²) in [5, 5.41) is 3.99. The van der Waals surface area contributed by atoms with Gasteiger partial charge in [0.15, 0.2) is 14.9 Å². The normalized spacial score (nSPS) is 18.8. The third kappa shape index (κ3) is 6.42. The van der Waals surface area contributed by atoms with Crippen molar-refractivity contribution >= 4 is 32.9 Å². The number of hydrogen-bond donors (Lipinski definition) is 2. The molecule has 1 saturated heterocycles. The molecular weight excluding hydrogens is 390 g/mol. The first-order valence-corrected chi connectivity index (χ1v) is 12.4. The minimum atomic E-state index is -2.97. The first-order valence-electron chi connectivity index (χ1n) is 10.2. The van der Waals surface area contributed by atoms with E-state index in [2.05, 4.69) is 70.0 Å². The van der Waals surface area contributed by atoms with Gasteiger partial charge in [-0.05, 0) is 83.4 Å². The smallest absolute Gasteiger partial charge is 0.173 e. The molecule has 1 aromatic rings. The average molecular weight is 427 g/mol. The predicted octanol–water partition coefficient (Wildman–Crippen LogP) is 2.19. The predicted molar refractivity (Wildman–Crippen MR) is 122 cm³/mol. The molecule has 1 atom stereocenters. The number of sulfone groups is 1. The van der Waals surface area contributed by atoms with Gasteiger partial charge in [0.05, 0.1) is 36.7 Å². The highest BCUT2D eigenvalue weighted by molar-refractivity contribution is 7.91. The van der Waals surface area contributed by atoms with E-state index in [0.717, 1.165) is 18.8 Å². The Morgan fingerprint density at radius 2 is 1.75 bits per heavy atom. The van der Waals surface area contributed by atoms with Gasteiger partial charge in [0.1, 0.15) is 0 Å². The fraction of sp³-hybridized carbons (Fsp3) is 0.667. The largest absolute Gasteiger partial charge is 0.339 e. The van der Waals surface area contributed by atoms with E-state index in [9.17, 15) is 8.42 Å². The van der Waals surface area contributed by atoms with Crippen molar-refractivity contribution in [3.05, 3.63) is 29.3 Å². The second-order valence-electron chi connectivity index (χ2n) is 8.69. The molecule has 1 aromatic carbocycles. The van der Waals surface area contributed by atoms with Gasteiger partial charge in [-0.2, -0.15) is 0 Å². The molecular formula is C21H36N3O2S2+. The second kappa shape index (κ2) is 9.55. The fourth-order valence-corrected chi connectivity index (χ4v) is 6.30. The quantitative estimate of drug-likeness (QED) is 0.655. The van der Waals surface area contributed by atoms with Crippen molar-refractivity contribution in [3.8, 4) is 0 Å². The third-order valence-corrected chi connectivity index (χ3v) is 7.59. The molecule has 0 saturated carbocycles. The molecule has 0 radical (unpaired) electrons. The Bertz CT molecular complexity index is 763. The Kier molecular flexibility index (Phi) is 7.88. The van der Waals surface area contributed by atoms with E-state index in [1.807, 2.05) is 0 Å². The van der Waals surface area contributed by atoms with E-state index in [1.165, 1.54) is 16.0 Å². The van der Waals surface area contributed by atoms with Crippen LogP contribution in [0.3, 0.4) is 0 Å². The van der Waals surface area contributed by atoms with Crippen LogP contribution in [0.25, 0.3) is 0 Å². The Morgan fingerprint density at radius 1 is 1.18 bits per heavy atom. The van der Waals surface area contributed by atoms with E-state index in [1.54, 1.807) is 0 Å². The zero-order valence-electron chi connectivity index (χ0n) is 18.1. The van der Waals surface area contributed by atoms with Crippen molar-refractivity contribution in [1.82, 2.24) is 4.90 Å². The molecule has 0 unspecified atom stereocenters. The Morgan fingerprint density at radius 3 is 2.21 bits per heavy atom. The SMILES string of the molecule is Cc1cc(C)cc(NC(=S)N(CC[NH+](C(C)C)C(C)C)[C@H]2CCS(=O)(=O)C2)c1. The highest BCUT2D eigenvalue weighted by Crippen LogP contribution is 2.20.